The first kappa shape index (κ1) is 18.9. The Morgan fingerprint density at radius 3 is 2.52 bits per heavy atom. The third-order valence-corrected chi connectivity index (χ3v) is 6.24. The second-order valence-electron chi connectivity index (χ2n) is 7.89. The van der Waals surface area contributed by atoms with E-state index in [1.165, 1.54) is 25.7 Å². The number of β-amino-alcohol motifs (C(OH)–C–C–N with tert-alkyl or cyclic N) is 1. The Kier molecular flexibility index (Phi) is 6.13. The predicted molar refractivity (Wildman–Crippen MR) is 109 cm³/mol. The summed E-state index contributed by atoms with van der Waals surface area (Å²) in [6.07, 6.45) is 7.87. The molecular weight excluding hydrogens is 360 g/mol. The van der Waals surface area contributed by atoms with E-state index >= 15 is 0 Å². The van der Waals surface area contributed by atoms with Crippen molar-refractivity contribution < 1.29 is 5.11 Å². The van der Waals surface area contributed by atoms with E-state index < -0.39 is 0 Å². The number of aromatic nitrogens is 2. The van der Waals surface area contributed by atoms with Gasteiger partial charge in [-0.25, -0.2) is 0 Å². The zero-order chi connectivity index (χ0) is 18.6. The summed E-state index contributed by atoms with van der Waals surface area (Å²) in [4.78, 5) is 4.88. The van der Waals surface area contributed by atoms with Crippen LogP contribution in [0.3, 0.4) is 0 Å². The van der Waals surface area contributed by atoms with E-state index in [4.69, 9.17) is 11.6 Å². The molecule has 2 saturated heterocycles. The lowest BCUT2D eigenvalue weighted by molar-refractivity contribution is -0.0143. The SMILES string of the molecule is O[C@@H]1CN(Cc2cn[nH]c2-c2ccc(Cl)cc2)CC[C@H]1N1CCCCCC1. The number of piperidine rings is 1. The summed E-state index contributed by atoms with van der Waals surface area (Å²) >= 11 is 6.01. The number of hydrogen-bond donors (Lipinski definition) is 2. The highest BCUT2D eigenvalue weighted by atomic mass is 35.5. The fourth-order valence-corrected chi connectivity index (χ4v) is 4.65. The molecule has 0 amide bonds. The molecule has 0 spiro atoms. The topological polar surface area (TPSA) is 55.4 Å². The van der Waals surface area contributed by atoms with E-state index in [0.29, 0.717) is 6.04 Å². The van der Waals surface area contributed by atoms with Crippen LogP contribution in [0.1, 0.15) is 37.7 Å². The normalized spacial score (nSPS) is 25.4. The van der Waals surface area contributed by atoms with Crippen molar-refractivity contribution in [2.75, 3.05) is 26.2 Å². The molecule has 6 heteroatoms. The van der Waals surface area contributed by atoms with Gasteiger partial charge in [-0.05, 0) is 50.0 Å². The predicted octanol–water partition coefficient (Wildman–Crippen LogP) is 3.54. The molecular formula is C21H29ClN4O. The van der Waals surface area contributed by atoms with Crippen molar-refractivity contribution in [1.29, 1.82) is 0 Å². The molecule has 1 aromatic carbocycles. The van der Waals surface area contributed by atoms with Crippen molar-refractivity contribution in [1.82, 2.24) is 20.0 Å². The molecule has 146 valence electrons. The second kappa shape index (κ2) is 8.74. The van der Waals surface area contributed by atoms with Gasteiger partial charge in [-0.3, -0.25) is 14.9 Å². The number of benzene rings is 1. The third-order valence-electron chi connectivity index (χ3n) is 5.98. The lowest BCUT2D eigenvalue weighted by Gasteiger charge is -2.41. The Labute approximate surface area is 166 Å². The maximum atomic E-state index is 10.8. The van der Waals surface area contributed by atoms with Crippen molar-refractivity contribution in [3.05, 3.63) is 41.0 Å². The molecule has 1 aromatic heterocycles. The van der Waals surface area contributed by atoms with Crippen LogP contribution in [-0.2, 0) is 6.54 Å². The van der Waals surface area contributed by atoms with Crippen molar-refractivity contribution in [2.45, 2.75) is 50.8 Å². The van der Waals surface area contributed by atoms with E-state index in [1.807, 2.05) is 30.5 Å². The monoisotopic (exact) mass is 388 g/mol. The van der Waals surface area contributed by atoms with Gasteiger partial charge in [-0.1, -0.05) is 36.6 Å². The van der Waals surface area contributed by atoms with Crippen LogP contribution in [0.5, 0.6) is 0 Å². The minimum Gasteiger partial charge on any atom is -0.390 e. The van der Waals surface area contributed by atoms with Gasteiger partial charge in [0.25, 0.3) is 0 Å². The average molecular weight is 389 g/mol. The standard InChI is InChI=1S/C21H29ClN4O/c22-18-7-5-16(6-8-18)21-17(13-23-24-21)14-25-12-9-19(20(27)15-25)26-10-3-1-2-4-11-26/h5-8,13,19-20,27H,1-4,9-12,14-15H2,(H,23,24)/t19-,20-/m1/s1. The number of aliphatic hydroxyl groups is 1. The summed E-state index contributed by atoms with van der Waals surface area (Å²) in [5, 5.41) is 18.9. The van der Waals surface area contributed by atoms with E-state index in [1.54, 1.807) is 0 Å². The summed E-state index contributed by atoms with van der Waals surface area (Å²) in [5.74, 6) is 0. The first-order chi connectivity index (χ1) is 13.2. The van der Waals surface area contributed by atoms with Crippen LogP contribution < -0.4 is 0 Å². The number of hydrogen-bond acceptors (Lipinski definition) is 4. The van der Waals surface area contributed by atoms with Crippen LogP contribution in [0, 0.1) is 0 Å². The van der Waals surface area contributed by atoms with Crippen LogP contribution in [0.2, 0.25) is 5.02 Å². The van der Waals surface area contributed by atoms with Gasteiger partial charge in [0, 0.05) is 36.3 Å². The Balaban J connectivity index is 1.39. The molecule has 2 atom stereocenters. The number of nitrogens with one attached hydrogen (secondary N) is 1. The zero-order valence-electron chi connectivity index (χ0n) is 15.8. The largest absolute Gasteiger partial charge is 0.390 e. The summed E-state index contributed by atoms with van der Waals surface area (Å²) in [7, 11) is 0. The molecule has 2 aliphatic rings. The number of aliphatic hydroxyl groups excluding tert-OH is 1. The van der Waals surface area contributed by atoms with Gasteiger partial charge in [-0.15, -0.1) is 0 Å². The van der Waals surface area contributed by atoms with Crippen molar-refractivity contribution in [3.8, 4) is 11.3 Å². The second-order valence-corrected chi connectivity index (χ2v) is 8.32. The van der Waals surface area contributed by atoms with Crippen molar-refractivity contribution in [2.24, 2.45) is 0 Å². The number of H-pyrrole nitrogens is 1. The zero-order valence-corrected chi connectivity index (χ0v) is 16.5. The number of nitrogens with zero attached hydrogens (tertiary/aromatic N) is 3. The maximum absolute atomic E-state index is 10.8. The van der Waals surface area contributed by atoms with Crippen LogP contribution in [0.15, 0.2) is 30.5 Å². The van der Waals surface area contributed by atoms with Crippen LogP contribution >= 0.6 is 11.6 Å². The van der Waals surface area contributed by atoms with Gasteiger partial charge in [0.2, 0.25) is 0 Å². The molecule has 4 rings (SSSR count). The quantitative estimate of drug-likeness (QED) is 0.841. The highest BCUT2D eigenvalue weighted by molar-refractivity contribution is 6.30. The van der Waals surface area contributed by atoms with Gasteiger partial charge < -0.3 is 5.11 Å². The van der Waals surface area contributed by atoms with Crippen LogP contribution in [0.4, 0.5) is 0 Å². The van der Waals surface area contributed by atoms with E-state index in [0.717, 1.165) is 61.0 Å². The number of halogens is 1. The van der Waals surface area contributed by atoms with Gasteiger partial charge >= 0.3 is 0 Å². The molecule has 0 unspecified atom stereocenters. The Morgan fingerprint density at radius 1 is 1.07 bits per heavy atom. The fourth-order valence-electron chi connectivity index (χ4n) is 4.52. The Morgan fingerprint density at radius 2 is 1.81 bits per heavy atom. The summed E-state index contributed by atoms with van der Waals surface area (Å²) in [5.41, 5.74) is 3.29. The highest BCUT2D eigenvalue weighted by Gasteiger charge is 2.32. The van der Waals surface area contributed by atoms with E-state index in [2.05, 4.69) is 20.0 Å². The number of aromatic amines is 1. The molecule has 2 aliphatic heterocycles. The molecule has 2 aromatic rings. The fraction of sp³-hybridized carbons (Fsp3) is 0.571. The van der Waals surface area contributed by atoms with Gasteiger partial charge in [-0.2, -0.15) is 5.10 Å². The maximum Gasteiger partial charge on any atom is 0.0822 e. The lowest BCUT2D eigenvalue weighted by Crippen LogP contribution is -2.54. The molecule has 27 heavy (non-hydrogen) atoms. The molecule has 0 bridgehead atoms. The van der Waals surface area contributed by atoms with E-state index in [9.17, 15) is 5.11 Å². The third kappa shape index (κ3) is 4.54. The summed E-state index contributed by atoms with van der Waals surface area (Å²) in [6, 6.07) is 8.15. The summed E-state index contributed by atoms with van der Waals surface area (Å²) < 4.78 is 0. The molecule has 0 radical (unpaired) electrons. The van der Waals surface area contributed by atoms with Gasteiger partial charge in [0.1, 0.15) is 0 Å². The van der Waals surface area contributed by atoms with E-state index in [-0.39, 0.29) is 6.10 Å². The molecule has 2 N–H and O–H groups in total. The van der Waals surface area contributed by atoms with Crippen LogP contribution in [0.25, 0.3) is 11.3 Å². The smallest absolute Gasteiger partial charge is 0.0822 e. The average Bonchev–Trinajstić information content (AvgIpc) is 2.95. The van der Waals surface area contributed by atoms with Gasteiger partial charge in [0.15, 0.2) is 0 Å². The Hall–Kier alpha value is -1.40. The molecule has 5 nitrogen and oxygen atoms in total. The first-order valence-electron chi connectivity index (χ1n) is 10.1. The highest BCUT2D eigenvalue weighted by Crippen LogP contribution is 2.26. The molecule has 0 saturated carbocycles. The number of rotatable bonds is 4. The molecule has 0 aliphatic carbocycles. The van der Waals surface area contributed by atoms with Crippen molar-refractivity contribution in [3.63, 3.8) is 0 Å². The first-order valence-corrected chi connectivity index (χ1v) is 10.5. The minimum atomic E-state index is -0.275. The van der Waals surface area contributed by atoms with Crippen molar-refractivity contribution >= 4 is 11.6 Å². The molecule has 2 fully saturated rings. The molecule has 3 heterocycles. The Bertz CT molecular complexity index is 724. The minimum absolute atomic E-state index is 0.275. The summed E-state index contributed by atoms with van der Waals surface area (Å²) in [6.45, 7) is 4.84. The lowest BCUT2D eigenvalue weighted by atomic mass is 9.98. The number of likely N-dealkylation sites (tertiary alicyclic amines) is 2. The van der Waals surface area contributed by atoms with Gasteiger partial charge in [0.05, 0.1) is 18.0 Å². The van der Waals surface area contributed by atoms with Crippen LogP contribution in [-0.4, -0.2) is 63.4 Å².